The SMILES string of the molecule is Cc1ccccc1C(O)CNCc1csc([N+](=O)[O-])c1. The van der Waals surface area contributed by atoms with Gasteiger partial charge in [0.15, 0.2) is 0 Å². The Morgan fingerprint density at radius 1 is 1.45 bits per heavy atom. The lowest BCUT2D eigenvalue weighted by molar-refractivity contribution is -0.380. The topological polar surface area (TPSA) is 75.4 Å². The summed E-state index contributed by atoms with van der Waals surface area (Å²) >= 11 is 1.11. The van der Waals surface area contributed by atoms with Crippen LogP contribution in [0.15, 0.2) is 35.7 Å². The zero-order valence-corrected chi connectivity index (χ0v) is 11.9. The van der Waals surface area contributed by atoms with E-state index in [1.54, 1.807) is 11.4 Å². The summed E-state index contributed by atoms with van der Waals surface area (Å²) in [5.41, 5.74) is 2.81. The summed E-state index contributed by atoms with van der Waals surface area (Å²) in [5, 5.41) is 25.7. The summed E-state index contributed by atoms with van der Waals surface area (Å²) in [6, 6.07) is 9.24. The second-order valence-corrected chi connectivity index (χ2v) is 5.44. The highest BCUT2D eigenvalue weighted by atomic mass is 32.1. The molecule has 0 aliphatic rings. The smallest absolute Gasteiger partial charge is 0.324 e. The van der Waals surface area contributed by atoms with Gasteiger partial charge in [-0.1, -0.05) is 35.6 Å². The Labute approximate surface area is 121 Å². The third-order valence-electron chi connectivity index (χ3n) is 3.03. The number of rotatable bonds is 6. The third-order valence-corrected chi connectivity index (χ3v) is 3.96. The normalized spacial score (nSPS) is 12.3. The number of nitrogens with zero attached hydrogens (tertiary/aromatic N) is 1. The molecular weight excluding hydrogens is 276 g/mol. The first-order chi connectivity index (χ1) is 9.58. The highest BCUT2D eigenvalue weighted by Crippen LogP contribution is 2.22. The molecule has 0 aliphatic heterocycles. The van der Waals surface area contributed by atoms with Crippen molar-refractivity contribution >= 4 is 16.3 Å². The van der Waals surface area contributed by atoms with Crippen LogP contribution in [-0.2, 0) is 6.54 Å². The molecule has 20 heavy (non-hydrogen) atoms. The van der Waals surface area contributed by atoms with Crippen LogP contribution < -0.4 is 5.32 Å². The summed E-state index contributed by atoms with van der Waals surface area (Å²) in [5.74, 6) is 0. The first-order valence-corrected chi connectivity index (χ1v) is 7.12. The number of benzene rings is 1. The zero-order chi connectivity index (χ0) is 14.5. The minimum Gasteiger partial charge on any atom is -0.387 e. The fourth-order valence-electron chi connectivity index (χ4n) is 1.97. The van der Waals surface area contributed by atoms with Crippen molar-refractivity contribution in [3.63, 3.8) is 0 Å². The first-order valence-electron chi connectivity index (χ1n) is 6.24. The second-order valence-electron chi connectivity index (χ2n) is 4.55. The molecule has 0 aliphatic carbocycles. The fourth-order valence-corrected chi connectivity index (χ4v) is 2.70. The number of hydrogen-bond acceptors (Lipinski definition) is 5. The monoisotopic (exact) mass is 292 g/mol. The van der Waals surface area contributed by atoms with E-state index in [1.807, 2.05) is 31.2 Å². The minimum atomic E-state index is -0.579. The molecular formula is C14H16N2O3S. The molecule has 1 unspecified atom stereocenters. The van der Waals surface area contributed by atoms with Gasteiger partial charge in [-0.2, -0.15) is 0 Å². The number of hydrogen-bond donors (Lipinski definition) is 2. The Morgan fingerprint density at radius 3 is 2.85 bits per heavy atom. The molecule has 0 radical (unpaired) electrons. The summed E-state index contributed by atoms with van der Waals surface area (Å²) in [7, 11) is 0. The summed E-state index contributed by atoms with van der Waals surface area (Å²) in [6.07, 6.45) is -0.579. The number of nitrogens with one attached hydrogen (secondary N) is 1. The molecule has 1 atom stereocenters. The molecule has 0 fully saturated rings. The van der Waals surface area contributed by atoms with Crippen LogP contribution in [0.2, 0.25) is 0 Å². The molecule has 1 heterocycles. The summed E-state index contributed by atoms with van der Waals surface area (Å²) < 4.78 is 0. The van der Waals surface area contributed by atoms with E-state index >= 15 is 0 Å². The van der Waals surface area contributed by atoms with E-state index in [0.717, 1.165) is 28.0 Å². The van der Waals surface area contributed by atoms with Crippen molar-refractivity contribution in [3.8, 4) is 0 Å². The van der Waals surface area contributed by atoms with Crippen molar-refractivity contribution < 1.29 is 10.0 Å². The average Bonchev–Trinajstić information content (AvgIpc) is 2.88. The van der Waals surface area contributed by atoms with Gasteiger partial charge in [-0.05, 0) is 23.6 Å². The van der Waals surface area contributed by atoms with Gasteiger partial charge in [-0.25, -0.2) is 0 Å². The van der Waals surface area contributed by atoms with Crippen LogP contribution in [0.25, 0.3) is 0 Å². The average molecular weight is 292 g/mol. The molecule has 106 valence electrons. The molecule has 0 amide bonds. The van der Waals surface area contributed by atoms with Crippen molar-refractivity contribution in [2.24, 2.45) is 0 Å². The van der Waals surface area contributed by atoms with Gasteiger partial charge in [-0.15, -0.1) is 0 Å². The highest BCUT2D eigenvalue weighted by Gasteiger charge is 2.11. The van der Waals surface area contributed by atoms with Gasteiger partial charge in [0.2, 0.25) is 0 Å². The van der Waals surface area contributed by atoms with Crippen LogP contribution in [0, 0.1) is 17.0 Å². The largest absolute Gasteiger partial charge is 0.387 e. The number of thiophene rings is 1. The Kier molecular flexibility index (Phi) is 4.84. The molecule has 6 heteroatoms. The predicted molar refractivity (Wildman–Crippen MR) is 78.8 cm³/mol. The maximum absolute atomic E-state index is 10.6. The minimum absolute atomic E-state index is 0.140. The van der Waals surface area contributed by atoms with E-state index in [4.69, 9.17) is 0 Å². The summed E-state index contributed by atoms with van der Waals surface area (Å²) in [6.45, 7) is 2.88. The van der Waals surface area contributed by atoms with Gasteiger partial charge in [0.25, 0.3) is 0 Å². The van der Waals surface area contributed by atoms with Crippen molar-refractivity contribution in [2.45, 2.75) is 19.6 Å². The quantitative estimate of drug-likeness (QED) is 0.634. The van der Waals surface area contributed by atoms with Crippen LogP contribution in [0.1, 0.15) is 22.8 Å². The van der Waals surface area contributed by atoms with E-state index in [1.165, 1.54) is 0 Å². The molecule has 2 rings (SSSR count). The number of aliphatic hydroxyl groups is 1. The van der Waals surface area contributed by atoms with E-state index in [-0.39, 0.29) is 5.00 Å². The van der Waals surface area contributed by atoms with Crippen LogP contribution in [0.4, 0.5) is 5.00 Å². The molecule has 2 N–H and O–H groups in total. The lowest BCUT2D eigenvalue weighted by atomic mass is 10.0. The van der Waals surface area contributed by atoms with Crippen molar-refractivity contribution in [3.05, 3.63) is 62.5 Å². The van der Waals surface area contributed by atoms with Crippen molar-refractivity contribution in [1.82, 2.24) is 5.32 Å². The predicted octanol–water partition coefficient (Wildman–Crippen LogP) is 2.79. The maximum Gasteiger partial charge on any atom is 0.324 e. The Morgan fingerprint density at radius 2 is 2.20 bits per heavy atom. The van der Waals surface area contributed by atoms with E-state index in [2.05, 4.69) is 5.32 Å². The Balaban J connectivity index is 1.86. The molecule has 0 bridgehead atoms. The van der Waals surface area contributed by atoms with E-state index in [0.29, 0.717) is 13.1 Å². The van der Waals surface area contributed by atoms with Crippen LogP contribution >= 0.6 is 11.3 Å². The highest BCUT2D eigenvalue weighted by molar-refractivity contribution is 7.13. The second kappa shape index (κ2) is 6.60. The lowest BCUT2D eigenvalue weighted by Gasteiger charge is -2.14. The maximum atomic E-state index is 10.6. The Bertz CT molecular complexity index is 598. The van der Waals surface area contributed by atoms with E-state index in [9.17, 15) is 15.2 Å². The fraction of sp³-hybridized carbons (Fsp3) is 0.286. The molecule has 2 aromatic rings. The van der Waals surface area contributed by atoms with Gasteiger partial charge >= 0.3 is 5.00 Å². The van der Waals surface area contributed by atoms with E-state index < -0.39 is 11.0 Å². The lowest BCUT2D eigenvalue weighted by Crippen LogP contribution is -2.21. The van der Waals surface area contributed by atoms with Crippen LogP contribution in [0.3, 0.4) is 0 Å². The number of nitro groups is 1. The third kappa shape index (κ3) is 3.63. The standard InChI is InChI=1S/C14H16N2O3S/c1-10-4-2-3-5-12(10)13(17)8-15-7-11-6-14(16(18)19)20-9-11/h2-6,9,13,15,17H,7-8H2,1H3. The van der Waals surface area contributed by atoms with Crippen LogP contribution in [0.5, 0.6) is 0 Å². The molecule has 0 saturated carbocycles. The molecule has 1 aromatic heterocycles. The van der Waals surface area contributed by atoms with Gasteiger partial charge in [0, 0.05) is 24.5 Å². The Hall–Kier alpha value is -1.76. The van der Waals surface area contributed by atoms with Gasteiger partial charge in [0.1, 0.15) is 0 Å². The van der Waals surface area contributed by atoms with Gasteiger partial charge in [-0.3, -0.25) is 10.1 Å². The van der Waals surface area contributed by atoms with Crippen LogP contribution in [-0.4, -0.2) is 16.6 Å². The summed E-state index contributed by atoms with van der Waals surface area (Å²) in [4.78, 5) is 10.2. The number of aryl methyl sites for hydroxylation is 1. The number of aliphatic hydroxyl groups excluding tert-OH is 1. The van der Waals surface area contributed by atoms with Gasteiger partial charge in [0.05, 0.1) is 11.0 Å². The molecule has 0 saturated heterocycles. The molecule has 1 aromatic carbocycles. The molecule has 0 spiro atoms. The van der Waals surface area contributed by atoms with Gasteiger partial charge < -0.3 is 10.4 Å². The van der Waals surface area contributed by atoms with Crippen molar-refractivity contribution in [2.75, 3.05) is 6.54 Å². The first kappa shape index (κ1) is 14.6. The zero-order valence-electron chi connectivity index (χ0n) is 11.1. The van der Waals surface area contributed by atoms with Crippen molar-refractivity contribution in [1.29, 1.82) is 0 Å². The molecule has 5 nitrogen and oxygen atoms in total.